The van der Waals surface area contributed by atoms with Crippen LogP contribution in [-0.2, 0) is 0 Å². The van der Waals surface area contributed by atoms with Crippen LogP contribution in [0.4, 0.5) is 5.82 Å². The van der Waals surface area contributed by atoms with Gasteiger partial charge >= 0.3 is 0 Å². The molecule has 0 aliphatic heterocycles. The first-order valence-corrected chi connectivity index (χ1v) is 7.69. The van der Waals surface area contributed by atoms with E-state index in [0.29, 0.717) is 5.56 Å². The zero-order valence-corrected chi connectivity index (χ0v) is 14.0. The van der Waals surface area contributed by atoms with E-state index in [1.165, 1.54) is 0 Å². The standard InChI is InChI=1S/C18H21N5/c1-13-11-17(22(4)10-9-21(2)3)23-16-8-6-5-7-15(16)20-18(23)14(13)12-19/h5-8,11H,9-10H2,1-4H3. The molecule has 0 saturated carbocycles. The quantitative estimate of drug-likeness (QED) is 0.743. The Morgan fingerprint density at radius 3 is 2.61 bits per heavy atom. The van der Waals surface area contributed by atoms with Crippen molar-refractivity contribution in [2.75, 3.05) is 39.1 Å². The lowest BCUT2D eigenvalue weighted by molar-refractivity contribution is 0.416. The van der Waals surface area contributed by atoms with E-state index < -0.39 is 0 Å². The van der Waals surface area contributed by atoms with Crippen LogP contribution in [0.15, 0.2) is 30.3 Å². The van der Waals surface area contributed by atoms with Gasteiger partial charge in [-0.05, 0) is 44.8 Å². The van der Waals surface area contributed by atoms with Crippen molar-refractivity contribution in [1.29, 1.82) is 5.26 Å². The van der Waals surface area contributed by atoms with Gasteiger partial charge in [-0.15, -0.1) is 0 Å². The van der Waals surface area contributed by atoms with Gasteiger partial charge < -0.3 is 9.80 Å². The van der Waals surface area contributed by atoms with Crippen LogP contribution in [0.5, 0.6) is 0 Å². The summed E-state index contributed by atoms with van der Waals surface area (Å²) in [5, 5.41) is 9.52. The number of rotatable bonds is 4. The van der Waals surface area contributed by atoms with Crippen LogP contribution in [0.1, 0.15) is 11.1 Å². The Hall–Kier alpha value is -2.58. The fourth-order valence-corrected chi connectivity index (χ4v) is 2.82. The maximum absolute atomic E-state index is 9.52. The Bertz CT molecular complexity index is 901. The zero-order valence-electron chi connectivity index (χ0n) is 14.0. The topological polar surface area (TPSA) is 47.6 Å². The number of nitriles is 1. The molecule has 0 bridgehead atoms. The molecule has 0 atom stereocenters. The molecule has 23 heavy (non-hydrogen) atoms. The van der Waals surface area contributed by atoms with Gasteiger partial charge in [0.2, 0.25) is 0 Å². The van der Waals surface area contributed by atoms with E-state index >= 15 is 0 Å². The summed E-state index contributed by atoms with van der Waals surface area (Å²) >= 11 is 0. The van der Waals surface area contributed by atoms with Crippen molar-refractivity contribution >= 4 is 22.5 Å². The van der Waals surface area contributed by atoms with Crippen molar-refractivity contribution in [1.82, 2.24) is 14.3 Å². The van der Waals surface area contributed by atoms with Gasteiger partial charge in [0.1, 0.15) is 11.9 Å². The normalized spacial score (nSPS) is 11.3. The number of aromatic nitrogens is 2. The maximum Gasteiger partial charge on any atom is 0.157 e. The van der Waals surface area contributed by atoms with Crippen LogP contribution in [-0.4, -0.2) is 48.5 Å². The molecule has 0 amide bonds. The van der Waals surface area contributed by atoms with Crippen molar-refractivity contribution < 1.29 is 0 Å². The molecule has 2 aromatic heterocycles. The van der Waals surface area contributed by atoms with Gasteiger partial charge in [-0.3, -0.25) is 4.40 Å². The molecule has 118 valence electrons. The van der Waals surface area contributed by atoms with E-state index in [9.17, 15) is 5.26 Å². The number of benzene rings is 1. The summed E-state index contributed by atoms with van der Waals surface area (Å²) in [6, 6.07) is 12.4. The summed E-state index contributed by atoms with van der Waals surface area (Å²) in [6.07, 6.45) is 0. The molecule has 5 nitrogen and oxygen atoms in total. The number of nitrogens with zero attached hydrogens (tertiary/aromatic N) is 5. The lowest BCUT2D eigenvalue weighted by Crippen LogP contribution is -2.29. The number of pyridine rings is 1. The Labute approximate surface area is 136 Å². The summed E-state index contributed by atoms with van der Waals surface area (Å²) in [5.41, 5.74) is 4.29. The number of likely N-dealkylation sites (N-methyl/N-ethyl adjacent to an activating group) is 2. The second-order valence-corrected chi connectivity index (χ2v) is 6.16. The highest BCUT2D eigenvalue weighted by Gasteiger charge is 2.17. The summed E-state index contributed by atoms with van der Waals surface area (Å²) < 4.78 is 2.09. The molecule has 0 N–H and O–H groups in total. The number of fused-ring (bicyclic) bond motifs is 3. The largest absolute Gasteiger partial charge is 0.359 e. The predicted molar refractivity (Wildman–Crippen MR) is 94.0 cm³/mol. The van der Waals surface area contributed by atoms with Gasteiger partial charge in [0.25, 0.3) is 0 Å². The van der Waals surface area contributed by atoms with Crippen LogP contribution < -0.4 is 4.90 Å². The lowest BCUT2D eigenvalue weighted by Gasteiger charge is -2.23. The van der Waals surface area contributed by atoms with E-state index in [0.717, 1.165) is 41.2 Å². The zero-order chi connectivity index (χ0) is 16.6. The van der Waals surface area contributed by atoms with Crippen LogP contribution in [0.25, 0.3) is 16.7 Å². The van der Waals surface area contributed by atoms with Crippen LogP contribution in [0.2, 0.25) is 0 Å². The third-order valence-corrected chi connectivity index (χ3v) is 4.14. The molecule has 0 fully saturated rings. The Balaban J connectivity index is 2.27. The summed E-state index contributed by atoms with van der Waals surface area (Å²) in [6.45, 7) is 3.84. The smallest absolute Gasteiger partial charge is 0.157 e. The Kier molecular flexibility index (Phi) is 3.93. The van der Waals surface area contributed by atoms with Gasteiger partial charge in [-0.1, -0.05) is 12.1 Å². The SMILES string of the molecule is Cc1cc(N(C)CCN(C)C)n2c(nc3ccccc32)c1C#N. The minimum Gasteiger partial charge on any atom is -0.359 e. The van der Waals surface area contributed by atoms with Crippen molar-refractivity contribution in [2.45, 2.75) is 6.92 Å². The molecule has 3 rings (SSSR count). The van der Waals surface area contributed by atoms with Crippen molar-refractivity contribution in [3.8, 4) is 6.07 Å². The number of aryl methyl sites for hydroxylation is 1. The van der Waals surface area contributed by atoms with Crippen LogP contribution in [0, 0.1) is 18.3 Å². The van der Waals surface area contributed by atoms with Crippen molar-refractivity contribution in [3.63, 3.8) is 0 Å². The van der Waals surface area contributed by atoms with Gasteiger partial charge in [0.05, 0.1) is 16.6 Å². The molecule has 0 saturated heterocycles. The fourth-order valence-electron chi connectivity index (χ4n) is 2.82. The highest BCUT2D eigenvalue weighted by molar-refractivity contribution is 5.85. The van der Waals surface area contributed by atoms with Crippen LogP contribution in [0.3, 0.4) is 0 Å². The summed E-state index contributed by atoms with van der Waals surface area (Å²) in [4.78, 5) is 9.07. The van der Waals surface area contributed by atoms with E-state index in [-0.39, 0.29) is 0 Å². The second-order valence-electron chi connectivity index (χ2n) is 6.16. The first kappa shape index (κ1) is 15.3. The predicted octanol–water partition coefficient (Wildman–Crippen LogP) is 2.67. The van der Waals surface area contributed by atoms with E-state index in [2.05, 4.69) is 58.5 Å². The van der Waals surface area contributed by atoms with Gasteiger partial charge in [0.15, 0.2) is 5.65 Å². The van der Waals surface area contributed by atoms with E-state index in [1.807, 2.05) is 25.1 Å². The summed E-state index contributed by atoms with van der Waals surface area (Å²) in [7, 11) is 6.22. The highest BCUT2D eigenvalue weighted by atomic mass is 15.2. The van der Waals surface area contributed by atoms with Gasteiger partial charge in [-0.25, -0.2) is 4.98 Å². The summed E-state index contributed by atoms with van der Waals surface area (Å²) in [5.74, 6) is 1.06. The van der Waals surface area contributed by atoms with Crippen molar-refractivity contribution in [3.05, 3.63) is 41.5 Å². The van der Waals surface area contributed by atoms with Crippen molar-refractivity contribution in [2.24, 2.45) is 0 Å². The average molecular weight is 307 g/mol. The number of anilines is 1. The molecular formula is C18H21N5. The molecule has 5 heteroatoms. The Morgan fingerprint density at radius 2 is 1.91 bits per heavy atom. The van der Waals surface area contributed by atoms with Crippen LogP contribution >= 0.6 is 0 Å². The Morgan fingerprint density at radius 1 is 1.17 bits per heavy atom. The minimum atomic E-state index is 0.644. The molecule has 3 aromatic rings. The molecule has 0 unspecified atom stereocenters. The van der Waals surface area contributed by atoms with E-state index in [1.54, 1.807) is 0 Å². The first-order valence-electron chi connectivity index (χ1n) is 7.69. The number of hydrogen-bond donors (Lipinski definition) is 0. The number of hydrogen-bond acceptors (Lipinski definition) is 4. The maximum atomic E-state index is 9.52. The fraction of sp³-hybridized carbons (Fsp3) is 0.333. The third-order valence-electron chi connectivity index (χ3n) is 4.14. The molecule has 1 aromatic carbocycles. The number of para-hydroxylation sites is 2. The molecule has 0 aliphatic rings. The molecule has 2 heterocycles. The average Bonchev–Trinajstić information content (AvgIpc) is 2.91. The first-order chi connectivity index (χ1) is 11.0. The second kappa shape index (κ2) is 5.90. The molecule has 0 aliphatic carbocycles. The third kappa shape index (κ3) is 2.62. The lowest BCUT2D eigenvalue weighted by atomic mass is 10.1. The molecule has 0 radical (unpaired) electrons. The van der Waals surface area contributed by atoms with Gasteiger partial charge in [-0.2, -0.15) is 5.26 Å². The van der Waals surface area contributed by atoms with Gasteiger partial charge in [0, 0.05) is 20.1 Å². The molecule has 0 spiro atoms. The monoisotopic (exact) mass is 307 g/mol. The molecular weight excluding hydrogens is 286 g/mol. The highest BCUT2D eigenvalue weighted by Crippen LogP contribution is 2.28. The number of imidazole rings is 1. The minimum absolute atomic E-state index is 0.644. The van der Waals surface area contributed by atoms with E-state index in [4.69, 9.17) is 0 Å².